The normalized spacial score (nSPS) is 19.3. The van der Waals surface area contributed by atoms with Crippen molar-refractivity contribution in [2.24, 2.45) is 5.73 Å². The molecular formula is C13H15BrN2O3. The third kappa shape index (κ3) is 2.96. The molecule has 1 saturated heterocycles. The molecule has 1 fully saturated rings. The van der Waals surface area contributed by atoms with Crippen molar-refractivity contribution < 1.29 is 14.3 Å². The van der Waals surface area contributed by atoms with Crippen LogP contribution in [0.1, 0.15) is 15.9 Å². The summed E-state index contributed by atoms with van der Waals surface area (Å²) in [6.07, 6.45) is 0. The molecule has 2 rings (SSSR count). The van der Waals surface area contributed by atoms with Crippen LogP contribution in [0.15, 0.2) is 22.7 Å². The number of hydrogen-bond donors (Lipinski definition) is 1. The van der Waals surface area contributed by atoms with E-state index >= 15 is 0 Å². The Morgan fingerprint density at radius 1 is 1.47 bits per heavy atom. The second-order valence-corrected chi connectivity index (χ2v) is 5.33. The van der Waals surface area contributed by atoms with Gasteiger partial charge in [0.25, 0.3) is 5.91 Å². The Labute approximate surface area is 119 Å². The van der Waals surface area contributed by atoms with Crippen LogP contribution in [0.3, 0.4) is 0 Å². The van der Waals surface area contributed by atoms with Gasteiger partial charge in [-0.3, -0.25) is 9.59 Å². The van der Waals surface area contributed by atoms with Crippen LogP contribution in [0, 0.1) is 6.92 Å². The van der Waals surface area contributed by atoms with Gasteiger partial charge in [0.2, 0.25) is 5.91 Å². The van der Waals surface area contributed by atoms with Crippen molar-refractivity contribution in [3.8, 4) is 0 Å². The number of benzene rings is 1. The number of ether oxygens (including phenoxy) is 1. The van der Waals surface area contributed by atoms with Crippen LogP contribution < -0.4 is 5.73 Å². The van der Waals surface area contributed by atoms with Crippen molar-refractivity contribution in [3.05, 3.63) is 33.8 Å². The van der Waals surface area contributed by atoms with Crippen molar-refractivity contribution in [1.82, 2.24) is 4.90 Å². The Hall–Kier alpha value is -1.40. The number of halogens is 1. The number of rotatable bonds is 2. The summed E-state index contributed by atoms with van der Waals surface area (Å²) in [6.45, 7) is 2.85. The van der Waals surface area contributed by atoms with Crippen molar-refractivity contribution in [2.45, 2.75) is 13.0 Å². The van der Waals surface area contributed by atoms with Crippen LogP contribution in [0.4, 0.5) is 0 Å². The van der Waals surface area contributed by atoms with Crippen LogP contribution in [0.25, 0.3) is 0 Å². The fourth-order valence-corrected chi connectivity index (χ4v) is 2.46. The number of aryl methyl sites for hydroxylation is 1. The third-order valence-electron chi connectivity index (χ3n) is 3.07. The maximum Gasteiger partial charge on any atom is 0.255 e. The molecule has 19 heavy (non-hydrogen) atoms. The second-order valence-electron chi connectivity index (χ2n) is 4.47. The summed E-state index contributed by atoms with van der Waals surface area (Å²) in [5, 5.41) is 0. The van der Waals surface area contributed by atoms with Crippen LogP contribution >= 0.6 is 15.9 Å². The summed E-state index contributed by atoms with van der Waals surface area (Å²) in [4.78, 5) is 25.4. The minimum atomic E-state index is -0.700. The minimum absolute atomic E-state index is 0.157. The van der Waals surface area contributed by atoms with Crippen LogP contribution in [0.2, 0.25) is 0 Å². The molecule has 1 aliphatic heterocycles. The standard InChI is InChI=1S/C13H15BrN2O3/c1-8-2-3-10(14)9(6-8)13(18)16-4-5-19-7-11(16)12(15)17/h2-3,6,11H,4-5,7H2,1H3,(H2,15,17). The van der Waals surface area contributed by atoms with E-state index in [0.29, 0.717) is 23.2 Å². The van der Waals surface area contributed by atoms with E-state index in [9.17, 15) is 9.59 Å². The maximum absolute atomic E-state index is 12.5. The van der Waals surface area contributed by atoms with E-state index < -0.39 is 11.9 Å². The molecule has 1 heterocycles. The molecule has 1 atom stereocenters. The minimum Gasteiger partial charge on any atom is -0.377 e. The zero-order valence-corrected chi connectivity index (χ0v) is 12.1. The molecule has 5 nitrogen and oxygen atoms in total. The molecule has 2 amide bonds. The molecule has 2 N–H and O–H groups in total. The van der Waals surface area contributed by atoms with Gasteiger partial charge in [-0.1, -0.05) is 11.6 Å². The maximum atomic E-state index is 12.5. The lowest BCUT2D eigenvalue weighted by molar-refractivity contribution is -0.127. The molecule has 0 bridgehead atoms. The summed E-state index contributed by atoms with van der Waals surface area (Å²) < 4.78 is 5.91. The molecule has 1 aromatic rings. The van der Waals surface area contributed by atoms with E-state index in [1.165, 1.54) is 4.90 Å². The quantitative estimate of drug-likeness (QED) is 0.884. The highest BCUT2D eigenvalue weighted by Gasteiger charge is 2.32. The first-order valence-electron chi connectivity index (χ1n) is 5.95. The topological polar surface area (TPSA) is 72.6 Å². The number of amides is 2. The molecule has 0 saturated carbocycles. The Morgan fingerprint density at radius 3 is 2.89 bits per heavy atom. The molecule has 6 heteroatoms. The molecule has 1 aliphatic rings. The van der Waals surface area contributed by atoms with Gasteiger partial charge < -0.3 is 15.4 Å². The molecule has 0 spiro atoms. The van der Waals surface area contributed by atoms with E-state index in [-0.39, 0.29) is 12.5 Å². The summed E-state index contributed by atoms with van der Waals surface area (Å²) >= 11 is 3.36. The Morgan fingerprint density at radius 2 is 2.21 bits per heavy atom. The fourth-order valence-electron chi connectivity index (χ4n) is 2.04. The number of carbonyl (C=O) groups is 2. The summed E-state index contributed by atoms with van der Waals surface area (Å²) in [6, 6.07) is 4.82. The van der Waals surface area contributed by atoms with Crippen molar-refractivity contribution in [1.29, 1.82) is 0 Å². The van der Waals surface area contributed by atoms with Crippen molar-refractivity contribution in [3.63, 3.8) is 0 Å². The van der Waals surface area contributed by atoms with Crippen LogP contribution in [-0.4, -0.2) is 42.5 Å². The van der Waals surface area contributed by atoms with Gasteiger partial charge in [-0.2, -0.15) is 0 Å². The largest absolute Gasteiger partial charge is 0.377 e. The average molecular weight is 327 g/mol. The number of carbonyl (C=O) groups excluding carboxylic acids is 2. The highest BCUT2D eigenvalue weighted by Crippen LogP contribution is 2.21. The Bertz CT molecular complexity index is 519. The smallest absolute Gasteiger partial charge is 0.255 e. The first-order chi connectivity index (χ1) is 9.00. The number of nitrogens with zero attached hydrogens (tertiary/aromatic N) is 1. The van der Waals surface area contributed by atoms with Crippen molar-refractivity contribution >= 4 is 27.7 Å². The van der Waals surface area contributed by atoms with Gasteiger partial charge >= 0.3 is 0 Å². The van der Waals surface area contributed by atoms with Gasteiger partial charge in [-0.15, -0.1) is 0 Å². The lowest BCUT2D eigenvalue weighted by Crippen LogP contribution is -2.54. The van der Waals surface area contributed by atoms with E-state index in [1.54, 1.807) is 6.07 Å². The van der Waals surface area contributed by atoms with Gasteiger partial charge in [0.15, 0.2) is 0 Å². The molecule has 1 unspecified atom stereocenters. The predicted molar refractivity (Wildman–Crippen MR) is 73.7 cm³/mol. The third-order valence-corrected chi connectivity index (χ3v) is 3.76. The highest BCUT2D eigenvalue weighted by atomic mass is 79.9. The lowest BCUT2D eigenvalue weighted by atomic mass is 10.1. The molecule has 0 aromatic heterocycles. The van der Waals surface area contributed by atoms with Crippen LogP contribution in [0.5, 0.6) is 0 Å². The van der Waals surface area contributed by atoms with Crippen LogP contribution in [-0.2, 0) is 9.53 Å². The number of primary amides is 1. The van der Waals surface area contributed by atoms with E-state index in [1.807, 2.05) is 19.1 Å². The molecule has 1 aromatic carbocycles. The average Bonchev–Trinajstić information content (AvgIpc) is 2.40. The van der Waals surface area contributed by atoms with E-state index in [2.05, 4.69) is 15.9 Å². The zero-order chi connectivity index (χ0) is 14.0. The van der Waals surface area contributed by atoms with Gasteiger partial charge in [-0.25, -0.2) is 0 Å². The number of morpholine rings is 1. The van der Waals surface area contributed by atoms with E-state index in [4.69, 9.17) is 10.5 Å². The second kappa shape index (κ2) is 5.71. The lowest BCUT2D eigenvalue weighted by Gasteiger charge is -2.33. The van der Waals surface area contributed by atoms with Crippen molar-refractivity contribution in [2.75, 3.05) is 19.8 Å². The van der Waals surface area contributed by atoms with Gasteiger partial charge in [0.05, 0.1) is 18.8 Å². The van der Waals surface area contributed by atoms with E-state index in [0.717, 1.165) is 5.56 Å². The summed E-state index contributed by atoms with van der Waals surface area (Å²) in [5.41, 5.74) is 6.83. The molecular weight excluding hydrogens is 312 g/mol. The molecule has 0 radical (unpaired) electrons. The molecule has 0 aliphatic carbocycles. The number of nitrogens with two attached hydrogens (primary N) is 1. The first-order valence-corrected chi connectivity index (χ1v) is 6.74. The Kier molecular flexibility index (Phi) is 4.21. The van der Waals surface area contributed by atoms with Gasteiger partial charge in [0, 0.05) is 11.0 Å². The fraction of sp³-hybridized carbons (Fsp3) is 0.385. The number of hydrogen-bond acceptors (Lipinski definition) is 3. The van der Waals surface area contributed by atoms with Gasteiger partial charge in [0.1, 0.15) is 6.04 Å². The zero-order valence-electron chi connectivity index (χ0n) is 10.6. The van der Waals surface area contributed by atoms with Gasteiger partial charge in [-0.05, 0) is 35.0 Å². The first kappa shape index (κ1) is 14.0. The summed E-state index contributed by atoms with van der Waals surface area (Å²) in [7, 11) is 0. The SMILES string of the molecule is Cc1ccc(Br)c(C(=O)N2CCOCC2C(N)=O)c1. The monoisotopic (exact) mass is 326 g/mol. The Balaban J connectivity index is 2.31. The predicted octanol–water partition coefficient (Wildman–Crippen LogP) is 1.08. The summed E-state index contributed by atoms with van der Waals surface area (Å²) in [5.74, 6) is -0.750. The highest BCUT2D eigenvalue weighted by molar-refractivity contribution is 9.10. The molecule has 102 valence electrons.